The molecule has 0 aliphatic carbocycles. The molecule has 0 N–H and O–H groups in total. The minimum Gasteiger partial charge on any atom is -0.548 e. The molecule has 1 rings (SSSR count). The van der Waals surface area contributed by atoms with Crippen LogP contribution in [-0.4, -0.2) is 8.32 Å². The van der Waals surface area contributed by atoms with Crippen LogP contribution in [0.2, 0.25) is 19.6 Å². The zero-order chi connectivity index (χ0) is 12.2. The van der Waals surface area contributed by atoms with Gasteiger partial charge >= 0.3 is 0 Å². The van der Waals surface area contributed by atoms with Crippen molar-refractivity contribution in [2.75, 3.05) is 0 Å². The number of benzene rings is 1. The Bertz CT molecular complexity index is 380. The van der Waals surface area contributed by atoms with Crippen LogP contribution in [0.1, 0.15) is 12.5 Å². The second-order valence-corrected chi connectivity index (χ2v) is 9.29. The predicted molar refractivity (Wildman–Crippen MR) is 68.3 cm³/mol. The molecule has 1 nitrogen and oxygen atoms in total. The van der Waals surface area contributed by atoms with Crippen LogP contribution in [0.5, 0.6) is 0 Å². The Hall–Kier alpha value is -1.09. The van der Waals surface area contributed by atoms with Gasteiger partial charge in [-0.1, -0.05) is 12.1 Å². The summed E-state index contributed by atoms with van der Waals surface area (Å²) in [6.45, 7) is 8.39. The monoisotopic (exact) mass is 238 g/mol. The van der Waals surface area contributed by atoms with Crippen molar-refractivity contribution in [2.24, 2.45) is 0 Å². The van der Waals surface area contributed by atoms with Crippen LogP contribution in [0.4, 0.5) is 4.39 Å². The van der Waals surface area contributed by atoms with Crippen molar-refractivity contribution in [3.05, 3.63) is 47.5 Å². The first kappa shape index (κ1) is 13.0. The fourth-order valence-electron chi connectivity index (χ4n) is 1.45. The van der Waals surface area contributed by atoms with Crippen LogP contribution in [0.25, 0.3) is 0 Å². The third-order valence-corrected chi connectivity index (χ3v) is 2.92. The number of hydrogen-bond acceptors (Lipinski definition) is 1. The van der Waals surface area contributed by atoms with Crippen molar-refractivity contribution in [1.82, 2.24) is 0 Å². The van der Waals surface area contributed by atoms with Gasteiger partial charge in [0, 0.05) is 0 Å². The fraction of sp³-hybridized carbons (Fsp3) is 0.385. The van der Waals surface area contributed by atoms with Crippen molar-refractivity contribution in [2.45, 2.75) is 33.0 Å². The average Bonchev–Trinajstić information content (AvgIpc) is 2.12. The van der Waals surface area contributed by atoms with Crippen LogP contribution in [-0.2, 0) is 10.8 Å². The lowest BCUT2D eigenvalue weighted by molar-refractivity contribution is 0.422. The molecular weight excluding hydrogens is 219 g/mol. The van der Waals surface area contributed by atoms with E-state index in [1.807, 2.05) is 19.1 Å². The van der Waals surface area contributed by atoms with Crippen LogP contribution in [0, 0.1) is 5.82 Å². The van der Waals surface area contributed by atoms with Crippen LogP contribution < -0.4 is 0 Å². The molecule has 16 heavy (non-hydrogen) atoms. The first-order valence-electron chi connectivity index (χ1n) is 5.47. The molecule has 0 aromatic heterocycles. The van der Waals surface area contributed by atoms with E-state index in [0.717, 1.165) is 11.3 Å². The maximum Gasteiger partial charge on any atom is 0.241 e. The largest absolute Gasteiger partial charge is 0.548 e. The van der Waals surface area contributed by atoms with Gasteiger partial charge < -0.3 is 4.43 Å². The molecule has 0 radical (unpaired) electrons. The second-order valence-electron chi connectivity index (χ2n) is 4.86. The maximum atomic E-state index is 12.9. The molecule has 0 atom stereocenters. The summed E-state index contributed by atoms with van der Waals surface area (Å²) in [5, 5.41) is 0. The Balaban J connectivity index is 2.59. The summed E-state index contributed by atoms with van der Waals surface area (Å²) in [7, 11) is -1.51. The highest BCUT2D eigenvalue weighted by Crippen LogP contribution is 2.11. The van der Waals surface area contributed by atoms with E-state index in [0.29, 0.717) is 6.42 Å². The molecule has 1 aromatic carbocycles. The summed E-state index contributed by atoms with van der Waals surface area (Å²) in [5.41, 5.74) is 0.971. The highest BCUT2D eigenvalue weighted by molar-refractivity contribution is 6.70. The van der Waals surface area contributed by atoms with E-state index in [9.17, 15) is 4.39 Å². The first-order valence-corrected chi connectivity index (χ1v) is 8.88. The SMILES string of the molecule is C/C(=C\Cc1cccc(F)c1)O[Si](C)(C)C. The third-order valence-electron chi connectivity index (χ3n) is 1.98. The second kappa shape index (κ2) is 5.30. The van der Waals surface area contributed by atoms with Gasteiger partial charge in [0.15, 0.2) is 0 Å². The molecule has 0 saturated carbocycles. The molecule has 0 saturated heterocycles. The third kappa shape index (κ3) is 5.12. The van der Waals surface area contributed by atoms with Gasteiger partial charge in [0.05, 0.1) is 5.76 Å². The molecule has 0 unspecified atom stereocenters. The molecule has 0 spiro atoms. The Labute approximate surface area is 98.1 Å². The van der Waals surface area contributed by atoms with E-state index in [2.05, 4.69) is 19.6 Å². The van der Waals surface area contributed by atoms with E-state index in [4.69, 9.17) is 4.43 Å². The predicted octanol–water partition coefficient (Wildman–Crippen LogP) is 4.12. The molecule has 3 heteroatoms. The quantitative estimate of drug-likeness (QED) is 0.566. The minimum atomic E-state index is -1.51. The summed E-state index contributed by atoms with van der Waals surface area (Å²) >= 11 is 0. The van der Waals surface area contributed by atoms with Gasteiger partial charge in [-0.15, -0.1) is 0 Å². The molecule has 0 heterocycles. The molecule has 1 aromatic rings. The van der Waals surface area contributed by atoms with Crippen molar-refractivity contribution in [3.8, 4) is 0 Å². The van der Waals surface area contributed by atoms with Gasteiger partial charge in [0.2, 0.25) is 8.32 Å². The van der Waals surface area contributed by atoms with E-state index in [1.165, 1.54) is 6.07 Å². The summed E-state index contributed by atoms with van der Waals surface area (Å²) < 4.78 is 18.7. The van der Waals surface area contributed by atoms with Gasteiger partial charge in [-0.05, 0) is 56.8 Å². The highest BCUT2D eigenvalue weighted by atomic mass is 28.4. The van der Waals surface area contributed by atoms with E-state index in [1.54, 1.807) is 12.1 Å². The highest BCUT2D eigenvalue weighted by Gasteiger charge is 2.15. The van der Waals surface area contributed by atoms with Crippen molar-refractivity contribution < 1.29 is 8.82 Å². The standard InChI is InChI=1S/C13H19FOSi/c1-11(15-16(2,3)4)8-9-12-6-5-7-13(14)10-12/h5-8,10H,9H2,1-4H3/b11-8+. The lowest BCUT2D eigenvalue weighted by Crippen LogP contribution is -2.24. The van der Waals surface area contributed by atoms with E-state index >= 15 is 0 Å². The summed E-state index contributed by atoms with van der Waals surface area (Å²) in [5.74, 6) is 0.748. The zero-order valence-electron chi connectivity index (χ0n) is 10.4. The van der Waals surface area contributed by atoms with Gasteiger partial charge in [0.25, 0.3) is 0 Å². The smallest absolute Gasteiger partial charge is 0.241 e. The lowest BCUT2D eigenvalue weighted by atomic mass is 10.1. The average molecular weight is 238 g/mol. The topological polar surface area (TPSA) is 9.23 Å². The number of halogens is 1. The molecule has 0 aliphatic heterocycles. The zero-order valence-corrected chi connectivity index (χ0v) is 11.4. The van der Waals surface area contributed by atoms with Crippen molar-refractivity contribution in [3.63, 3.8) is 0 Å². The molecule has 0 aliphatic rings. The van der Waals surface area contributed by atoms with E-state index < -0.39 is 8.32 Å². The molecule has 0 amide bonds. The Morgan fingerprint density at radius 1 is 1.38 bits per heavy atom. The lowest BCUT2D eigenvalue weighted by Gasteiger charge is -2.19. The van der Waals surface area contributed by atoms with Gasteiger partial charge in [0.1, 0.15) is 5.82 Å². The number of hydrogen-bond donors (Lipinski definition) is 0. The summed E-state index contributed by atoms with van der Waals surface area (Å²) in [6, 6.07) is 6.66. The van der Waals surface area contributed by atoms with Crippen LogP contribution in [0.15, 0.2) is 36.1 Å². The van der Waals surface area contributed by atoms with Crippen molar-refractivity contribution in [1.29, 1.82) is 0 Å². The summed E-state index contributed by atoms with van der Waals surface area (Å²) in [4.78, 5) is 0. The molecule has 0 fully saturated rings. The molecule has 88 valence electrons. The van der Waals surface area contributed by atoms with Gasteiger partial charge in [-0.3, -0.25) is 0 Å². The van der Waals surface area contributed by atoms with E-state index in [-0.39, 0.29) is 5.82 Å². The fourth-order valence-corrected chi connectivity index (χ4v) is 2.50. The number of rotatable bonds is 4. The first-order chi connectivity index (χ1) is 7.37. The Morgan fingerprint density at radius 3 is 2.62 bits per heavy atom. The normalized spacial score (nSPS) is 12.7. The van der Waals surface area contributed by atoms with Crippen LogP contribution in [0.3, 0.4) is 0 Å². The number of allylic oxidation sites excluding steroid dienone is 2. The minimum absolute atomic E-state index is 0.185. The molecule has 0 bridgehead atoms. The Morgan fingerprint density at radius 2 is 2.06 bits per heavy atom. The summed E-state index contributed by atoms with van der Waals surface area (Å²) in [6.07, 6.45) is 2.72. The van der Waals surface area contributed by atoms with Gasteiger partial charge in [-0.2, -0.15) is 0 Å². The molecular formula is C13H19FOSi. The van der Waals surface area contributed by atoms with Crippen molar-refractivity contribution >= 4 is 8.32 Å². The van der Waals surface area contributed by atoms with Gasteiger partial charge in [-0.25, -0.2) is 4.39 Å². The Kier molecular flexibility index (Phi) is 4.30. The maximum absolute atomic E-state index is 12.9. The van der Waals surface area contributed by atoms with Crippen LogP contribution >= 0.6 is 0 Å².